The monoisotopic (exact) mass is 312 g/mol. The number of hydrogen-bond acceptors (Lipinski definition) is 3. The van der Waals surface area contributed by atoms with Gasteiger partial charge in [0.15, 0.2) is 5.96 Å². The Hall–Kier alpha value is -0.420. The van der Waals surface area contributed by atoms with Crippen molar-refractivity contribution in [2.75, 3.05) is 39.5 Å². The summed E-state index contributed by atoms with van der Waals surface area (Å²) in [5, 5.41) is 7.89. The summed E-state index contributed by atoms with van der Waals surface area (Å²) in [5.41, 5.74) is 0. The highest BCUT2D eigenvalue weighted by molar-refractivity contribution is 7.99. The van der Waals surface area contributed by atoms with Crippen molar-refractivity contribution in [3.05, 3.63) is 0 Å². The van der Waals surface area contributed by atoms with Gasteiger partial charge in [0, 0.05) is 24.4 Å². The molecule has 0 bridgehead atoms. The quantitative estimate of drug-likeness (QED) is 0.603. The molecular weight excluding hydrogens is 280 g/mol. The molecule has 1 heterocycles. The molecule has 2 atom stereocenters. The third-order valence-corrected chi connectivity index (χ3v) is 5.84. The lowest BCUT2D eigenvalue weighted by Gasteiger charge is -2.28. The third-order valence-electron chi connectivity index (χ3n) is 4.75. The van der Waals surface area contributed by atoms with Crippen LogP contribution in [-0.4, -0.2) is 61.6 Å². The molecule has 122 valence electrons. The summed E-state index contributed by atoms with van der Waals surface area (Å²) in [6, 6.07) is 0.609. The number of hydrogen-bond donors (Lipinski definition) is 2. The molecule has 4 nitrogen and oxygen atoms in total. The Labute approximate surface area is 134 Å². The standard InChI is InChI=1S/C16H32N4S/c1-4-17-16(19-14-5-6-15(11-14)21-3)18-12-13-7-9-20(2)10-8-13/h13-15H,4-12H2,1-3H3,(H2,17,18,19). The summed E-state index contributed by atoms with van der Waals surface area (Å²) in [7, 11) is 2.22. The second-order valence-corrected chi connectivity index (χ2v) is 7.62. The van der Waals surface area contributed by atoms with Crippen molar-refractivity contribution in [1.82, 2.24) is 15.5 Å². The van der Waals surface area contributed by atoms with Crippen LogP contribution in [0, 0.1) is 5.92 Å². The first-order valence-corrected chi connectivity index (χ1v) is 9.76. The zero-order valence-electron chi connectivity index (χ0n) is 13.9. The van der Waals surface area contributed by atoms with Crippen LogP contribution in [0.15, 0.2) is 4.99 Å². The fraction of sp³-hybridized carbons (Fsp3) is 0.938. The van der Waals surface area contributed by atoms with E-state index in [0.717, 1.165) is 30.2 Å². The molecule has 2 unspecified atom stereocenters. The maximum atomic E-state index is 4.85. The van der Waals surface area contributed by atoms with E-state index >= 15 is 0 Å². The van der Waals surface area contributed by atoms with Crippen LogP contribution in [0.3, 0.4) is 0 Å². The van der Waals surface area contributed by atoms with Crippen LogP contribution in [0.4, 0.5) is 0 Å². The van der Waals surface area contributed by atoms with Crippen molar-refractivity contribution in [2.24, 2.45) is 10.9 Å². The molecular formula is C16H32N4S. The van der Waals surface area contributed by atoms with Crippen molar-refractivity contribution >= 4 is 17.7 Å². The molecule has 1 aliphatic heterocycles. The predicted molar refractivity (Wildman–Crippen MR) is 94.3 cm³/mol. The van der Waals surface area contributed by atoms with Gasteiger partial charge < -0.3 is 15.5 Å². The second-order valence-electron chi connectivity index (χ2n) is 6.48. The van der Waals surface area contributed by atoms with Crippen LogP contribution < -0.4 is 10.6 Å². The Morgan fingerprint density at radius 2 is 2.00 bits per heavy atom. The molecule has 21 heavy (non-hydrogen) atoms. The van der Waals surface area contributed by atoms with Crippen LogP contribution in [-0.2, 0) is 0 Å². The minimum absolute atomic E-state index is 0.609. The number of rotatable bonds is 5. The summed E-state index contributed by atoms with van der Waals surface area (Å²) in [5.74, 6) is 1.79. The van der Waals surface area contributed by atoms with Gasteiger partial charge in [-0.15, -0.1) is 0 Å². The second kappa shape index (κ2) is 8.89. The fourth-order valence-corrected chi connectivity index (χ4v) is 4.06. The summed E-state index contributed by atoms with van der Waals surface area (Å²) in [6.07, 6.45) is 8.71. The van der Waals surface area contributed by atoms with E-state index in [1.165, 1.54) is 45.2 Å². The van der Waals surface area contributed by atoms with Gasteiger partial charge in [0.1, 0.15) is 0 Å². The van der Waals surface area contributed by atoms with E-state index in [9.17, 15) is 0 Å². The van der Waals surface area contributed by atoms with Crippen molar-refractivity contribution < 1.29 is 0 Å². The van der Waals surface area contributed by atoms with Gasteiger partial charge >= 0.3 is 0 Å². The Balaban J connectivity index is 1.79. The molecule has 5 heteroatoms. The lowest BCUT2D eigenvalue weighted by molar-refractivity contribution is 0.223. The largest absolute Gasteiger partial charge is 0.357 e. The van der Waals surface area contributed by atoms with E-state index in [1.54, 1.807) is 0 Å². The first-order chi connectivity index (χ1) is 10.2. The third kappa shape index (κ3) is 5.70. The van der Waals surface area contributed by atoms with Gasteiger partial charge in [-0.2, -0.15) is 11.8 Å². The number of piperidine rings is 1. The number of nitrogens with zero attached hydrogens (tertiary/aromatic N) is 2. The highest BCUT2D eigenvalue weighted by Gasteiger charge is 2.24. The van der Waals surface area contributed by atoms with Gasteiger partial charge in [0.05, 0.1) is 0 Å². The Kier molecular flexibility index (Phi) is 7.17. The van der Waals surface area contributed by atoms with Gasteiger partial charge in [0.2, 0.25) is 0 Å². The van der Waals surface area contributed by atoms with Crippen LogP contribution >= 0.6 is 11.8 Å². The molecule has 2 rings (SSSR count). The van der Waals surface area contributed by atoms with Crippen LogP contribution in [0.5, 0.6) is 0 Å². The van der Waals surface area contributed by atoms with Crippen LogP contribution in [0.2, 0.25) is 0 Å². The molecule has 0 aromatic carbocycles. The van der Waals surface area contributed by atoms with Crippen molar-refractivity contribution in [2.45, 2.75) is 50.3 Å². The number of aliphatic imine (C=N–C) groups is 1. The predicted octanol–water partition coefficient (Wildman–Crippen LogP) is 2.17. The Morgan fingerprint density at radius 3 is 2.62 bits per heavy atom. The molecule has 0 radical (unpaired) electrons. The Bertz CT molecular complexity index is 326. The van der Waals surface area contributed by atoms with Gasteiger partial charge in [-0.05, 0) is 71.3 Å². The molecule has 0 spiro atoms. The summed E-state index contributed by atoms with van der Waals surface area (Å²) in [6.45, 7) is 6.51. The average molecular weight is 313 g/mol. The van der Waals surface area contributed by atoms with E-state index in [1.807, 2.05) is 11.8 Å². The number of thioether (sulfide) groups is 1. The van der Waals surface area contributed by atoms with Crippen LogP contribution in [0.1, 0.15) is 39.0 Å². The molecule has 2 fully saturated rings. The molecule has 0 amide bonds. The molecule has 1 saturated heterocycles. The van der Waals surface area contributed by atoms with Crippen molar-refractivity contribution in [1.29, 1.82) is 0 Å². The van der Waals surface area contributed by atoms with E-state index in [0.29, 0.717) is 6.04 Å². The molecule has 2 aliphatic rings. The summed E-state index contributed by atoms with van der Waals surface area (Å²) in [4.78, 5) is 7.27. The first kappa shape index (κ1) is 16.9. The fourth-order valence-electron chi connectivity index (χ4n) is 3.26. The van der Waals surface area contributed by atoms with E-state index in [4.69, 9.17) is 4.99 Å². The zero-order valence-corrected chi connectivity index (χ0v) is 14.7. The minimum Gasteiger partial charge on any atom is -0.357 e. The van der Waals surface area contributed by atoms with E-state index in [-0.39, 0.29) is 0 Å². The first-order valence-electron chi connectivity index (χ1n) is 8.47. The van der Waals surface area contributed by atoms with Crippen LogP contribution in [0.25, 0.3) is 0 Å². The average Bonchev–Trinajstić information content (AvgIpc) is 2.94. The molecule has 0 aromatic rings. The molecule has 1 saturated carbocycles. The number of nitrogens with one attached hydrogen (secondary N) is 2. The highest BCUT2D eigenvalue weighted by atomic mass is 32.2. The smallest absolute Gasteiger partial charge is 0.191 e. The zero-order chi connectivity index (χ0) is 15.1. The van der Waals surface area contributed by atoms with Gasteiger partial charge in [-0.1, -0.05) is 0 Å². The van der Waals surface area contributed by atoms with Gasteiger partial charge in [-0.25, -0.2) is 0 Å². The lowest BCUT2D eigenvalue weighted by atomic mass is 9.97. The number of likely N-dealkylation sites (tertiary alicyclic amines) is 1. The minimum atomic E-state index is 0.609. The Morgan fingerprint density at radius 1 is 1.24 bits per heavy atom. The van der Waals surface area contributed by atoms with E-state index < -0.39 is 0 Å². The maximum Gasteiger partial charge on any atom is 0.191 e. The van der Waals surface area contributed by atoms with Gasteiger partial charge in [0.25, 0.3) is 0 Å². The van der Waals surface area contributed by atoms with Crippen molar-refractivity contribution in [3.8, 4) is 0 Å². The normalized spacial score (nSPS) is 28.8. The highest BCUT2D eigenvalue weighted by Crippen LogP contribution is 2.28. The summed E-state index contributed by atoms with van der Waals surface area (Å²) >= 11 is 2.01. The molecule has 0 aromatic heterocycles. The topological polar surface area (TPSA) is 39.7 Å². The number of guanidine groups is 1. The maximum absolute atomic E-state index is 4.85. The van der Waals surface area contributed by atoms with E-state index in [2.05, 4.69) is 35.8 Å². The lowest BCUT2D eigenvalue weighted by Crippen LogP contribution is -2.43. The molecule has 1 aliphatic carbocycles. The summed E-state index contributed by atoms with van der Waals surface area (Å²) < 4.78 is 0. The van der Waals surface area contributed by atoms with Crippen molar-refractivity contribution in [3.63, 3.8) is 0 Å². The molecule has 2 N–H and O–H groups in total. The van der Waals surface area contributed by atoms with Gasteiger partial charge in [-0.3, -0.25) is 4.99 Å². The SMILES string of the molecule is CCNC(=NCC1CCN(C)CC1)NC1CCC(SC)C1.